The summed E-state index contributed by atoms with van der Waals surface area (Å²) in [6.45, 7) is 6.80. The third-order valence-electron chi connectivity index (χ3n) is 8.62. The number of carbonyl (C=O) groups excluding carboxylic acids is 5. The van der Waals surface area contributed by atoms with Gasteiger partial charge in [-0.15, -0.1) is 0 Å². The minimum Gasteiger partial charge on any atom is -0.384 e. The average molecular weight is 698 g/mol. The molecule has 2 aliphatic heterocycles. The van der Waals surface area contributed by atoms with Crippen molar-refractivity contribution in [2.45, 2.75) is 70.6 Å². The molecular weight excluding hydrogens is 659 g/mol. The van der Waals surface area contributed by atoms with Crippen LogP contribution in [0.4, 0.5) is 18.9 Å². The number of halogens is 3. The first-order valence-electron chi connectivity index (χ1n) is 16.5. The number of anilines is 1. The standard InChI is InChI=1S/C34H38F3N7O6/c1-3-43(19-20(2)39-29(46)22-13-11-21(12-14-22)28-41-33(50-42-28)34(35,36)37)18-7-5-4-6-17-38-24-10-8-9-23-27(24)32(49)44(31(23)48)25-15-16-26(45)40-30(25)47/h8-14,20,25,38H,3-7,15-19H2,1-2H3,(H,39,46)(H,40,45,47). The number of rotatable bonds is 15. The molecule has 3 heterocycles. The predicted molar refractivity (Wildman–Crippen MR) is 174 cm³/mol. The van der Waals surface area contributed by atoms with Gasteiger partial charge in [-0.1, -0.05) is 43.1 Å². The van der Waals surface area contributed by atoms with Crippen molar-refractivity contribution in [3.05, 3.63) is 65.0 Å². The van der Waals surface area contributed by atoms with Crippen molar-refractivity contribution in [2.75, 3.05) is 31.5 Å². The Kier molecular flexibility index (Phi) is 11.3. The van der Waals surface area contributed by atoms with E-state index in [0.717, 1.165) is 43.7 Å². The number of hydrogen-bond donors (Lipinski definition) is 3. The fourth-order valence-electron chi connectivity index (χ4n) is 6.04. The quantitative estimate of drug-likeness (QED) is 0.154. The van der Waals surface area contributed by atoms with Gasteiger partial charge in [0.1, 0.15) is 6.04 Å². The zero-order chi connectivity index (χ0) is 36.0. The second-order valence-electron chi connectivity index (χ2n) is 12.3. The van der Waals surface area contributed by atoms with E-state index in [1.807, 2.05) is 13.8 Å². The van der Waals surface area contributed by atoms with Gasteiger partial charge in [0.2, 0.25) is 17.6 Å². The van der Waals surface area contributed by atoms with Crippen LogP contribution in [-0.2, 0) is 15.8 Å². The second kappa shape index (κ2) is 15.6. The molecule has 0 spiro atoms. The Hall–Kier alpha value is -5.12. The van der Waals surface area contributed by atoms with E-state index >= 15 is 0 Å². The zero-order valence-corrected chi connectivity index (χ0v) is 27.6. The third-order valence-corrected chi connectivity index (χ3v) is 8.62. The Balaban J connectivity index is 1.01. The second-order valence-corrected chi connectivity index (χ2v) is 12.3. The van der Waals surface area contributed by atoms with Gasteiger partial charge in [-0.05, 0) is 63.5 Å². The van der Waals surface area contributed by atoms with Crippen LogP contribution in [0.1, 0.15) is 89.3 Å². The lowest BCUT2D eigenvalue weighted by atomic mass is 10.0. The van der Waals surface area contributed by atoms with Gasteiger partial charge in [0.25, 0.3) is 17.7 Å². The lowest BCUT2D eigenvalue weighted by Gasteiger charge is -2.27. The van der Waals surface area contributed by atoms with E-state index < -0.39 is 41.7 Å². The molecule has 1 aromatic heterocycles. The number of fused-ring (bicyclic) bond motifs is 1. The molecule has 1 fully saturated rings. The lowest BCUT2D eigenvalue weighted by Crippen LogP contribution is -2.54. The first-order chi connectivity index (χ1) is 23.9. The number of piperidine rings is 1. The van der Waals surface area contributed by atoms with E-state index in [-0.39, 0.29) is 47.3 Å². The van der Waals surface area contributed by atoms with Crippen LogP contribution in [0.5, 0.6) is 0 Å². The van der Waals surface area contributed by atoms with Crippen molar-refractivity contribution >= 4 is 35.2 Å². The number of nitrogens with one attached hydrogen (secondary N) is 3. The first kappa shape index (κ1) is 36.2. The number of benzene rings is 2. The van der Waals surface area contributed by atoms with Crippen molar-refractivity contribution in [3.63, 3.8) is 0 Å². The third kappa shape index (κ3) is 8.35. The molecule has 13 nitrogen and oxygen atoms in total. The Morgan fingerprint density at radius 2 is 1.80 bits per heavy atom. The van der Waals surface area contributed by atoms with Crippen LogP contribution in [0, 0.1) is 0 Å². The molecule has 0 radical (unpaired) electrons. The van der Waals surface area contributed by atoms with E-state index in [1.54, 1.807) is 18.2 Å². The molecule has 0 saturated carbocycles. The van der Waals surface area contributed by atoms with E-state index in [2.05, 4.69) is 35.5 Å². The number of hydrogen-bond acceptors (Lipinski definition) is 10. The van der Waals surface area contributed by atoms with Crippen LogP contribution in [0.3, 0.4) is 0 Å². The topological polar surface area (TPSA) is 167 Å². The minimum absolute atomic E-state index is 0.0599. The molecule has 3 N–H and O–H groups in total. The van der Waals surface area contributed by atoms with E-state index in [4.69, 9.17) is 0 Å². The SMILES string of the molecule is CCN(CCCCCCNc1cccc2c1C(=O)N(C1CCC(=O)NC1=O)C2=O)CC(C)NC(=O)c1ccc(-c2noc(C(F)(F)F)n2)cc1. The highest BCUT2D eigenvalue weighted by Crippen LogP contribution is 2.33. The Morgan fingerprint density at radius 1 is 1.06 bits per heavy atom. The molecule has 5 rings (SSSR count). The summed E-state index contributed by atoms with van der Waals surface area (Å²) >= 11 is 0. The highest BCUT2D eigenvalue weighted by Gasteiger charge is 2.45. The van der Waals surface area contributed by atoms with Gasteiger partial charge in [-0.3, -0.25) is 34.2 Å². The number of unbranched alkanes of at least 4 members (excludes halogenated alkanes) is 3. The molecule has 3 aromatic rings. The number of alkyl halides is 3. The molecule has 266 valence electrons. The van der Waals surface area contributed by atoms with Gasteiger partial charge in [0.05, 0.1) is 11.1 Å². The molecule has 2 unspecified atom stereocenters. The number of imide groups is 2. The average Bonchev–Trinajstić information content (AvgIpc) is 3.68. The van der Waals surface area contributed by atoms with Crippen molar-refractivity contribution in [2.24, 2.45) is 0 Å². The highest BCUT2D eigenvalue weighted by molar-refractivity contribution is 6.25. The van der Waals surface area contributed by atoms with E-state index in [9.17, 15) is 37.1 Å². The summed E-state index contributed by atoms with van der Waals surface area (Å²) < 4.78 is 42.5. The predicted octanol–water partition coefficient (Wildman–Crippen LogP) is 4.27. The van der Waals surface area contributed by atoms with Crippen LogP contribution in [0.15, 0.2) is 47.0 Å². The van der Waals surface area contributed by atoms with Gasteiger partial charge in [-0.2, -0.15) is 18.2 Å². The number of amides is 5. The maximum atomic E-state index is 13.3. The van der Waals surface area contributed by atoms with Crippen molar-refractivity contribution in [3.8, 4) is 11.4 Å². The molecular formula is C34H38F3N7O6. The summed E-state index contributed by atoms with van der Waals surface area (Å²) in [4.78, 5) is 69.5. The molecule has 5 amide bonds. The van der Waals surface area contributed by atoms with E-state index in [1.165, 1.54) is 24.3 Å². The van der Waals surface area contributed by atoms with Crippen LogP contribution in [0.25, 0.3) is 11.4 Å². The smallest absolute Gasteiger partial charge is 0.384 e. The fraction of sp³-hybridized carbons (Fsp3) is 0.441. The largest absolute Gasteiger partial charge is 0.471 e. The van der Waals surface area contributed by atoms with Gasteiger partial charge in [0.15, 0.2) is 0 Å². The highest BCUT2D eigenvalue weighted by atomic mass is 19.4. The Bertz CT molecular complexity index is 1740. The normalized spacial score (nSPS) is 16.8. The zero-order valence-electron chi connectivity index (χ0n) is 27.6. The van der Waals surface area contributed by atoms with Gasteiger partial charge in [0, 0.05) is 42.4 Å². The van der Waals surface area contributed by atoms with Gasteiger partial charge in [-0.25, -0.2) is 0 Å². The molecule has 2 aromatic carbocycles. The molecule has 2 aliphatic rings. The number of nitrogens with zero attached hydrogens (tertiary/aromatic N) is 4. The molecule has 16 heteroatoms. The van der Waals surface area contributed by atoms with Crippen molar-refractivity contribution in [1.29, 1.82) is 0 Å². The summed E-state index contributed by atoms with van der Waals surface area (Å²) in [5.74, 6) is -4.12. The van der Waals surface area contributed by atoms with Crippen LogP contribution in [-0.4, -0.2) is 87.7 Å². The summed E-state index contributed by atoms with van der Waals surface area (Å²) in [5, 5.41) is 11.8. The van der Waals surface area contributed by atoms with Crippen LogP contribution in [0.2, 0.25) is 0 Å². The van der Waals surface area contributed by atoms with Crippen molar-refractivity contribution in [1.82, 2.24) is 30.6 Å². The first-order valence-corrected chi connectivity index (χ1v) is 16.5. The molecule has 2 atom stereocenters. The maximum absolute atomic E-state index is 13.3. The minimum atomic E-state index is -4.74. The number of carbonyl (C=O) groups is 5. The van der Waals surface area contributed by atoms with Gasteiger partial charge >= 0.3 is 12.1 Å². The van der Waals surface area contributed by atoms with E-state index in [0.29, 0.717) is 24.3 Å². The molecule has 50 heavy (non-hydrogen) atoms. The number of likely N-dealkylation sites (N-methyl/N-ethyl adjacent to an activating group) is 1. The summed E-state index contributed by atoms with van der Waals surface area (Å²) in [6, 6.07) is 9.72. The lowest BCUT2D eigenvalue weighted by molar-refractivity contribution is -0.159. The summed E-state index contributed by atoms with van der Waals surface area (Å²) in [6.07, 6.45) is -0.918. The maximum Gasteiger partial charge on any atom is 0.471 e. The summed E-state index contributed by atoms with van der Waals surface area (Å²) in [7, 11) is 0. The Labute approximate surface area is 285 Å². The molecule has 0 aliphatic carbocycles. The monoisotopic (exact) mass is 697 g/mol. The fourth-order valence-corrected chi connectivity index (χ4v) is 6.04. The van der Waals surface area contributed by atoms with Crippen LogP contribution >= 0.6 is 0 Å². The molecule has 0 bridgehead atoms. The van der Waals surface area contributed by atoms with Crippen molar-refractivity contribution < 1.29 is 41.7 Å². The Morgan fingerprint density at radius 3 is 2.48 bits per heavy atom. The van der Waals surface area contributed by atoms with Crippen LogP contribution < -0.4 is 16.0 Å². The molecule has 1 saturated heterocycles. The summed E-state index contributed by atoms with van der Waals surface area (Å²) in [5.41, 5.74) is 1.64. The number of aromatic nitrogens is 2. The van der Waals surface area contributed by atoms with Gasteiger partial charge < -0.3 is 20.1 Å².